The van der Waals surface area contributed by atoms with Gasteiger partial charge in [-0.15, -0.1) is 12.4 Å². The van der Waals surface area contributed by atoms with Gasteiger partial charge in [-0.3, -0.25) is 4.79 Å². The first-order chi connectivity index (χ1) is 10.8. The van der Waals surface area contributed by atoms with Crippen LogP contribution in [0, 0.1) is 5.41 Å². The molecule has 1 aliphatic carbocycles. The van der Waals surface area contributed by atoms with E-state index in [9.17, 15) is 4.79 Å². The highest BCUT2D eigenvalue weighted by atomic mass is 35.5. The van der Waals surface area contributed by atoms with Gasteiger partial charge in [0.1, 0.15) is 11.3 Å². The number of halogens is 2. The molecule has 0 radical (unpaired) electrons. The lowest BCUT2D eigenvalue weighted by Gasteiger charge is -2.57. The lowest BCUT2D eigenvalue weighted by atomic mass is 9.54. The zero-order valence-corrected chi connectivity index (χ0v) is 16.1. The van der Waals surface area contributed by atoms with E-state index in [2.05, 4.69) is 5.32 Å². The monoisotopic (exact) mass is 376 g/mol. The van der Waals surface area contributed by atoms with Gasteiger partial charge in [-0.05, 0) is 19.1 Å². The quantitative estimate of drug-likeness (QED) is 0.800. The maximum absolute atomic E-state index is 12.6. The van der Waals surface area contributed by atoms with E-state index in [1.54, 1.807) is 19.2 Å². The van der Waals surface area contributed by atoms with E-state index in [1.165, 1.54) is 0 Å². The summed E-state index contributed by atoms with van der Waals surface area (Å²) in [6.07, 6.45) is 0.533. The number of carbonyl (C=O) groups is 1. The van der Waals surface area contributed by atoms with Crippen molar-refractivity contribution in [3.05, 3.63) is 28.8 Å². The third kappa shape index (κ3) is 3.64. The number of amides is 1. The van der Waals surface area contributed by atoms with Gasteiger partial charge in [0.2, 0.25) is 5.91 Å². The van der Waals surface area contributed by atoms with Gasteiger partial charge in [0.15, 0.2) is 0 Å². The summed E-state index contributed by atoms with van der Waals surface area (Å²) in [5, 5.41) is 3.50. The molecule has 1 aliphatic rings. The molecule has 1 aromatic rings. The summed E-state index contributed by atoms with van der Waals surface area (Å²) in [5.41, 5.74) is 5.88. The first-order valence-corrected chi connectivity index (χ1v) is 8.15. The Morgan fingerprint density at radius 1 is 1.46 bits per heavy atom. The predicted octanol–water partition coefficient (Wildman–Crippen LogP) is 2.92. The van der Waals surface area contributed by atoms with Crippen molar-refractivity contribution >= 4 is 29.9 Å². The summed E-state index contributed by atoms with van der Waals surface area (Å²) in [7, 11) is 1.57. The summed E-state index contributed by atoms with van der Waals surface area (Å²) >= 11 is 5.94. The second-order valence-electron chi connectivity index (χ2n) is 6.48. The lowest BCUT2D eigenvalue weighted by Crippen LogP contribution is -2.75. The van der Waals surface area contributed by atoms with Crippen LogP contribution in [-0.4, -0.2) is 31.3 Å². The highest BCUT2D eigenvalue weighted by Crippen LogP contribution is 2.49. The van der Waals surface area contributed by atoms with E-state index < -0.39 is 11.0 Å². The van der Waals surface area contributed by atoms with Crippen LogP contribution < -0.4 is 15.8 Å². The molecule has 7 heteroatoms. The average molecular weight is 377 g/mol. The number of hydrogen-bond donors (Lipinski definition) is 2. The van der Waals surface area contributed by atoms with Gasteiger partial charge in [0, 0.05) is 35.6 Å². The zero-order valence-electron chi connectivity index (χ0n) is 14.5. The molecule has 136 valence electrons. The third-order valence-electron chi connectivity index (χ3n) is 4.92. The molecule has 0 bridgehead atoms. The van der Waals surface area contributed by atoms with Crippen molar-refractivity contribution in [2.45, 2.75) is 45.4 Å². The number of rotatable bonds is 6. The summed E-state index contributed by atoms with van der Waals surface area (Å²) < 4.78 is 10.9. The van der Waals surface area contributed by atoms with Crippen LogP contribution in [0.15, 0.2) is 18.2 Å². The molecule has 3 N–H and O–H groups in total. The Morgan fingerprint density at radius 2 is 2.12 bits per heavy atom. The van der Waals surface area contributed by atoms with Crippen LogP contribution in [-0.2, 0) is 16.1 Å². The van der Waals surface area contributed by atoms with Gasteiger partial charge in [-0.1, -0.05) is 31.5 Å². The standard InChI is InChI=1S/C17H25ClN2O3.ClH/c1-5-23-14-9-17(19,16(14,2)3)15(21)20-10-11-6-7-12(18)8-13(11)22-4;/h6-8,14H,5,9-10,19H2,1-4H3,(H,20,21);1H. The highest BCUT2D eigenvalue weighted by molar-refractivity contribution is 6.30. The molecule has 0 aliphatic heterocycles. The maximum Gasteiger partial charge on any atom is 0.241 e. The van der Waals surface area contributed by atoms with E-state index in [-0.39, 0.29) is 24.4 Å². The van der Waals surface area contributed by atoms with Gasteiger partial charge >= 0.3 is 0 Å². The molecular formula is C17H26Cl2N2O3. The van der Waals surface area contributed by atoms with E-state index >= 15 is 0 Å². The van der Waals surface area contributed by atoms with E-state index in [0.717, 1.165) is 5.56 Å². The lowest BCUT2D eigenvalue weighted by molar-refractivity contribution is -0.170. The molecule has 0 heterocycles. The molecule has 2 atom stereocenters. The largest absolute Gasteiger partial charge is 0.496 e. The normalized spacial score (nSPS) is 24.5. The van der Waals surface area contributed by atoms with Crippen LogP contribution in [0.25, 0.3) is 0 Å². The molecule has 1 aromatic carbocycles. The zero-order chi connectivity index (χ0) is 17.3. The van der Waals surface area contributed by atoms with Crippen LogP contribution >= 0.6 is 24.0 Å². The summed E-state index contributed by atoms with van der Waals surface area (Å²) in [5.74, 6) is 0.472. The van der Waals surface area contributed by atoms with Crippen molar-refractivity contribution in [2.24, 2.45) is 11.1 Å². The van der Waals surface area contributed by atoms with E-state index in [0.29, 0.717) is 30.3 Å². The van der Waals surface area contributed by atoms with Gasteiger partial charge in [0.05, 0.1) is 13.2 Å². The van der Waals surface area contributed by atoms with Crippen molar-refractivity contribution in [3.63, 3.8) is 0 Å². The number of benzene rings is 1. The van der Waals surface area contributed by atoms with Crippen molar-refractivity contribution in [1.29, 1.82) is 0 Å². The molecule has 1 saturated carbocycles. The highest BCUT2D eigenvalue weighted by Gasteiger charge is 2.62. The Labute approximate surface area is 154 Å². The summed E-state index contributed by atoms with van der Waals surface area (Å²) in [6, 6.07) is 5.32. The van der Waals surface area contributed by atoms with Crippen LogP contribution in [0.5, 0.6) is 5.75 Å². The van der Waals surface area contributed by atoms with Crippen molar-refractivity contribution in [1.82, 2.24) is 5.32 Å². The molecule has 0 spiro atoms. The number of ether oxygens (including phenoxy) is 2. The number of carbonyl (C=O) groups excluding carboxylic acids is 1. The second-order valence-corrected chi connectivity index (χ2v) is 6.92. The number of methoxy groups -OCH3 is 1. The Balaban J connectivity index is 0.00000288. The first kappa shape index (κ1) is 21.0. The van der Waals surface area contributed by atoms with Gasteiger partial charge in [0.25, 0.3) is 0 Å². The minimum Gasteiger partial charge on any atom is -0.496 e. The predicted molar refractivity (Wildman–Crippen MR) is 97.8 cm³/mol. The van der Waals surface area contributed by atoms with Crippen molar-refractivity contribution in [2.75, 3.05) is 13.7 Å². The molecule has 0 saturated heterocycles. The fraction of sp³-hybridized carbons (Fsp3) is 0.588. The Hall–Kier alpha value is -1.01. The summed E-state index contributed by atoms with van der Waals surface area (Å²) in [6.45, 7) is 6.85. The SMILES string of the molecule is CCOC1CC(N)(C(=O)NCc2ccc(Cl)cc2OC)C1(C)C.Cl. The molecule has 0 aromatic heterocycles. The molecule has 5 nitrogen and oxygen atoms in total. The fourth-order valence-corrected chi connectivity index (χ4v) is 3.18. The fourth-order valence-electron chi connectivity index (χ4n) is 3.02. The van der Waals surface area contributed by atoms with Crippen molar-refractivity contribution in [3.8, 4) is 5.75 Å². The Kier molecular flexibility index (Phi) is 6.94. The first-order valence-electron chi connectivity index (χ1n) is 7.77. The smallest absolute Gasteiger partial charge is 0.241 e. The second kappa shape index (κ2) is 7.91. The minimum atomic E-state index is -0.924. The molecule has 1 amide bonds. The molecule has 1 fully saturated rings. The molecule has 24 heavy (non-hydrogen) atoms. The summed E-state index contributed by atoms with van der Waals surface area (Å²) in [4.78, 5) is 12.6. The number of nitrogens with one attached hydrogen (secondary N) is 1. The topological polar surface area (TPSA) is 73.6 Å². The van der Waals surface area contributed by atoms with Crippen LogP contribution in [0.1, 0.15) is 32.8 Å². The minimum absolute atomic E-state index is 0. The maximum atomic E-state index is 12.6. The average Bonchev–Trinajstić information content (AvgIpc) is 2.52. The Bertz CT molecular complexity index is 595. The number of nitrogens with two attached hydrogens (primary N) is 1. The van der Waals surface area contributed by atoms with Crippen LogP contribution in [0.4, 0.5) is 0 Å². The van der Waals surface area contributed by atoms with Gasteiger partial charge in [-0.2, -0.15) is 0 Å². The van der Waals surface area contributed by atoms with Crippen molar-refractivity contribution < 1.29 is 14.3 Å². The van der Waals surface area contributed by atoms with E-state index in [1.807, 2.05) is 26.8 Å². The third-order valence-corrected chi connectivity index (χ3v) is 5.16. The number of hydrogen-bond acceptors (Lipinski definition) is 4. The van der Waals surface area contributed by atoms with E-state index in [4.69, 9.17) is 26.8 Å². The van der Waals surface area contributed by atoms with Gasteiger partial charge < -0.3 is 20.5 Å². The Morgan fingerprint density at radius 3 is 2.67 bits per heavy atom. The molecule has 2 unspecified atom stereocenters. The van der Waals surface area contributed by atoms with Gasteiger partial charge in [-0.25, -0.2) is 0 Å². The van der Waals surface area contributed by atoms with Crippen LogP contribution in [0.3, 0.4) is 0 Å². The molecular weight excluding hydrogens is 351 g/mol. The van der Waals surface area contributed by atoms with Crippen LogP contribution in [0.2, 0.25) is 5.02 Å². The molecule has 2 rings (SSSR count).